The molecule has 1 N–H and O–H groups in total. The monoisotopic (exact) mass is 337 g/mol. The number of ether oxygens (including phenoxy) is 1. The Kier molecular flexibility index (Phi) is 5.09. The van der Waals surface area contributed by atoms with Crippen LogP contribution in [0, 0.1) is 6.92 Å². The molecule has 0 unspecified atom stereocenters. The Morgan fingerprint density at radius 1 is 1.20 bits per heavy atom. The molecule has 0 spiro atoms. The minimum atomic E-state index is -0.122. The molecule has 128 valence electrons. The minimum Gasteiger partial charge on any atom is -0.497 e. The fraction of sp³-hybridized carbons (Fsp3) is 0.211. The third kappa shape index (κ3) is 4.44. The normalized spacial score (nSPS) is 10.5. The highest BCUT2D eigenvalue weighted by atomic mass is 16.5. The van der Waals surface area contributed by atoms with Gasteiger partial charge < -0.3 is 14.6 Å². The lowest BCUT2D eigenvalue weighted by Crippen LogP contribution is -2.12. The molecule has 0 fully saturated rings. The Labute approximate surface area is 145 Å². The van der Waals surface area contributed by atoms with E-state index < -0.39 is 0 Å². The van der Waals surface area contributed by atoms with Gasteiger partial charge in [-0.25, -0.2) is 0 Å². The Balaban J connectivity index is 1.57. The van der Waals surface area contributed by atoms with E-state index in [9.17, 15) is 4.79 Å². The summed E-state index contributed by atoms with van der Waals surface area (Å²) in [6.45, 7) is 2.01. The number of aromatic nitrogens is 2. The number of anilines is 1. The van der Waals surface area contributed by atoms with Gasteiger partial charge in [0.1, 0.15) is 5.75 Å². The molecular weight excluding hydrogens is 318 g/mol. The van der Waals surface area contributed by atoms with Gasteiger partial charge in [-0.1, -0.05) is 35.0 Å². The maximum absolute atomic E-state index is 12.1. The molecule has 0 bridgehead atoms. The summed E-state index contributed by atoms with van der Waals surface area (Å²) in [6, 6.07) is 15.1. The number of carbonyl (C=O) groups is 1. The summed E-state index contributed by atoms with van der Waals surface area (Å²) in [4.78, 5) is 16.4. The van der Waals surface area contributed by atoms with Crippen molar-refractivity contribution in [1.82, 2.24) is 10.1 Å². The van der Waals surface area contributed by atoms with Crippen molar-refractivity contribution in [1.29, 1.82) is 0 Å². The number of hydrogen-bond acceptors (Lipinski definition) is 5. The zero-order chi connectivity index (χ0) is 17.6. The van der Waals surface area contributed by atoms with Crippen LogP contribution in [0.1, 0.15) is 17.9 Å². The molecule has 2 aromatic carbocycles. The minimum absolute atomic E-state index is 0.122. The van der Waals surface area contributed by atoms with Gasteiger partial charge in [0, 0.05) is 30.2 Å². The molecule has 0 saturated carbocycles. The molecule has 6 heteroatoms. The molecular formula is C19H19N3O3. The second kappa shape index (κ2) is 7.61. The Bertz CT molecular complexity index is 874. The van der Waals surface area contributed by atoms with Gasteiger partial charge in [0.2, 0.25) is 17.6 Å². The number of nitrogens with zero attached hydrogens (tertiary/aromatic N) is 2. The van der Waals surface area contributed by atoms with Gasteiger partial charge >= 0.3 is 0 Å². The van der Waals surface area contributed by atoms with Crippen LogP contribution in [0.5, 0.6) is 5.75 Å². The molecule has 0 radical (unpaired) electrons. The molecule has 0 aliphatic carbocycles. The summed E-state index contributed by atoms with van der Waals surface area (Å²) < 4.78 is 10.4. The first-order valence-corrected chi connectivity index (χ1v) is 7.97. The van der Waals surface area contributed by atoms with Crippen molar-refractivity contribution in [3.63, 3.8) is 0 Å². The van der Waals surface area contributed by atoms with E-state index in [1.165, 1.54) is 0 Å². The van der Waals surface area contributed by atoms with E-state index in [1.54, 1.807) is 13.2 Å². The molecule has 0 saturated heterocycles. The molecule has 3 aromatic rings. The smallest absolute Gasteiger partial charge is 0.227 e. The van der Waals surface area contributed by atoms with Crippen LogP contribution in [0.4, 0.5) is 5.69 Å². The van der Waals surface area contributed by atoms with Crippen LogP contribution in [-0.4, -0.2) is 23.2 Å². The summed E-state index contributed by atoms with van der Waals surface area (Å²) in [5, 5.41) is 6.80. The number of aryl methyl sites for hydroxylation is 2. The summed E-state index contributed by atoms with van der Waals surface area (Å²) in [5.41, 5.74) is 2.72. The number of carbonyl (C=O) groups excluding carboxylic acids is 1. The molecule has 0 aliphatic heterocycles. The highest BCUT2D eigenvalue weighted by Crippen LogP contribution is 2.19. The average Bonchev–Trinajstić information content (AvgIpc) is 3.09. The van der Waals surface area contributed by atoms with Gasteiger partial charge in [0.15, 0.2) is 0 Å². The lowest BCUT2D eigenvalue weighted by Gasteiger charge is -2.06. The highest BCUT2D eigenvalue weighted by Gasteiger charge is 2.11. The standard InChI is InChI=1S/C19H19N3O3/c1-13-5-3-6-14(11-13)19-21-18(25-22-19)10-9-17(23)20-15-7-4-8-16(12-15)24-2/h3-8,11-12H,9-10H2,1-2H3,(H,20,23). The van der Waals surface area contributed by atoms with Crippen molar-refractivity contribution < 1.29 is 14.1 Å². The van der Waals surface area contributed by atoms with Gasteiger partial charge in [-0.05, 0) is 25.1 Å². The van der Waals surface area contributed by atoms with Crippen LogP contribution >= 0.6 is 0 Å². The summed E-state index contributed by atoms with van der Waals surface area (Å²) in [5.74, 6) is 1.55. The molecule has 25 heavy (non-hydrogen) atoms. The fourth-order valence-electron chi connectivity index (χ4n) is 2.40. The fourth-order valence-corrected chi connectivity index (χ4v) is 2.40. The van der Waals surface area contributed by atoms with Gasteiger partial charge in [0.05, 0.1) is 7.11 Å². The first-order chi connectivity index (χ1) is 12.1. The Hall–Kier alpha value is -3.15. The summed E-state index contributed by atoms with van der Waals surface area (Å²) in [6.07, 6.45) is 0.640. The van der Waals surface area contributed by atoms with Crippen molar-refractivity contribution in [2.24, 2.45) is 0 Å². The number of hydrogen-bond donors (Lipinski definition) is 1. The second-order valence-electron chi connectivity index (χ2n) is 5.66. The second-order valence-corrected chi connectivity index (χ2v) is 5.66. The van der Waals surface area contributed by atoms with Gasteiger partial charge in [-0.3, -0.25) is 4.79 Å². The van der Waals surface area contributed by atoms with E-state index in [2.05, 4.69) is 15.5 Å². The lowest BCUT2D eigenvalue weighted by molar-refractivity contribution is -0.116. The third-order valence-corrected chi connectivity index (χ3v) is 3.66. The number of rotatable bonds is 6. The zero-order valence-electron chi connectivity index (χ0n) is 14.2. The maximum Gasteiger partial charge on any atom is 0.227 e. The van der Waals surface area contributed by atoms with Crippen molar-refractivity contribution in [2.75, 3.05) is 12.4 Å². The first-order valence-electron chi connectivity index (χ1n) is 7.97. The van der Waals surface area contributed by atoms with Crippen molar-refractivity contribution in [3.05, 3.63) is 60.0 Å². The van der Waals surface area contributed by atoms with Crippen LogP contribution in [0.2, 0.25) is 0 Å². The van der Waals surface area contributed by atoms with E-state index in [4.69, 9.17) is 9.26 Å². The first kappa shape index (κ1) is 16.7. The quantitative estimate of drug-likeness (QED) is 0.743. The Morgan fingerprint density at radius 3 is 2.84 bits per heavy atom. The molecule has 6 nitrogen and oxygen atoms in total. The van der Waals surface area contributed by atoms with Gasteiger partial charge in [-0.15, -0.1) is 0 Å². The molecule has 0 aliphatic rings. The number of benzene rings is 2. The van der Waals surface area contributed by atoms with Crippen LogP contribution in [0.3, 0.4) is 0 Å². The molecule has 0 atom stereocenters. The Morgan fingerprint density at radius 2 is 2.04 bits per heavy atom. The molecule has 1 amide bonds. The van der Waals surface area contributed by atoms with E-state index in [-0.39, 0.29) is 12.3 Å². The van der Waals surface area contributed by atoms with Crippen molar-refractivity contribution in [3.8, 4) is 17.1 Å². The van der Waals surface area contributed by atoms with E-state index in [0.29, 0.717) is 29.6 Å². The highest BCUT2D eigenvalue weighted by molar-refractivity contribution is 5.90. The largest absolute Gasteiger partial charge is 0.497 e. The summed E-state index contributed by atoms with van der Waals surface area (Å²) in [7, 11) is 1.59. The summed E-state index contributed by atoms with van der Waals surface area (Å²) >= 11 is 0. The topological polar surface area (TPSA) is 77.2 Å². The van der Waals surface area contributed by atoms with Crippen LogP contribution in [0.15, 0.2) is 53.1 Å². The zero-order valence-corrected chi connectivity index (χ0v) is 14.2. The van der Waals surface area contributed by atoms with E-state index in [0.717, 1.165) is 11.1 Å². The lowest BCUT2D eigenvalue weighted by atomic mass is 10.1. The van der Waals surface area contributed by atoms with E-state index in [1.807, 2.05) is 49.4 Å². The van der Waals surface area contributed by atoms with Gasteiger partial charge in [-0.2, -0.15) is 4.98 Å². The predicted octanol–water partition coefficient (Wildman–Crippen LogP) is 3.62. The molecule has 1 heterocycles. The van der Waals surface area contributed by atoms with Crippen molar-refractivity contribution >= 4 is 11.6 Å². The predicted molar refractivity (Wildman–Crippen MR) is 94.4 cm³/mol. The maximum atomic E-state index is 12.1. The number of amides is 1. The van der Waals surface area contributed by atoms with Gasteiger partial charge in [0.25, 0.3) is 0 Å². The number of nitrogens with one attached hydrogen (secondary N) is 1. The molecule has 1 aromatic heterocycles. The van der Waals surface area contributed by atoms with Crippen LogP contribution in [0.25, 0.3) is 11.4 Å². The van der Waals surface area contributed by atoms with Crippen molar-refractivity contribution in [2.45, 2.75) is 19.8 Å². The average molecular weight is 337 g/mol. The van der Waals surface area contributed by atoms with Crippen LogP contribution < -0.4 is 10.1 Å². The number of methoxy groups -OCH3 is 1. The van der Waals surface area contributed by atoms with E-state index >= 15 is 0 Å². The SMILES string of the molecule is COc1cccc(NC(=O)CCc2nc(-c3cccc(C)c3)no2)c1. The molecule has 3 rings (SSSR count). The third-order valence-electron chi connectivity index (χ3n) is 3.66. The van der Waals surface area contributed by atoms with Crippen LogP contribution in [-0.2, 0) is 11.2 Å².